The fourth-order valence-corrected chi connectivity index (χ4v) is 3.41. The van der Waals surface area contributed by atoms with E-state index in [1.165, 1.54) is 12.5 Å². The summed E-state index contributed by atoms with van der Waals surface area (Å²) in [5.41, 5.74) is 4.62. The van der Waals surface area contributed by atoms with E-state index in [4.69, 9.17) is 0 Å². The lowest BCUT2D eigenvalue weighted by molar-refractivity contribution is -0.118. The zero-order valence-corrected chi connectivity index (χ0v) is 15.7. The van der Waals surface area contributed by atoms with Crippen molar-refractivity contribution in [1.82, 2.24) is 0 Å². The van der Waals surface area contributed by atoms with Gasteiger partial charge in [-0.3, -0.25) is 9.59 Å². The number of amides is 2. The molecule has 0 unspecified atom stereocenters. The van der Waals surface area contributed by atoms with Crippen LogP contribution in [0.1, 0.15) is 45.7 Å². The molecule has 2 amide bonds. The monoisotopic (exact) mass is 328 g/mol. The minimum Gasteiger partial charge on any atom is -0.326 e. The first kappa shape index (κ1) is 18.2. The number of allylic oxidation sites excluding steroid dienone is 2. The van der Waals surface area contributed by atoms with E-state index in [-0.39, 0.29) is 29.1 Å². The standard InChI is InChI=1S/C20H28N2O2/c1-11(2)10-15-17(20(15,6)7)19(24)22-16-9-8-12(3)18(13(16)4)21-14(5)23/h8-10,15,17H,1-7H3,(H,21,23)(H,22,24)/t15-,17-/m0/s1. The summed E-state index contributed by atoms with van der Waals surface area (Å²) in [6.45, 7) is 13.7. The smallest absolute Gasteiger partial charge is 0.228 e. The van der Waals surface area contributed by atoms with Gasteiger partial charge in [0.25, 0.3) is 0 Å². The Labute approximate surface area is 144 Å². The number of benzene rings is 1. The molecule has 0 aliphatic heterocycles. The molecule has 0 spiro atoms. The van der Waals surface area contributed by atoms with Crippen molar-refractivity contribution in [3.05, 3.63) is 34.9 Å². The molecule has 2 N–H and O–H groups in total. The van der Waals surface area contributed by atoms with Gasteiger partial charge in [-0.2, -0.15) is 0 Å². The average Bonchev–Trinajstić information content (AvgIpc) is 2.98. The number of hydrogen-bond acceptors (Lipinski definition) is 2. The van der Waals surface area contributed by atoms with Crippen molar-refractivity contribution in [1.29, 1.82) is 0 Å². The van der Waals surface area contributed by atoms with Gasteiger partial charge in [0, 0.05) is 18.3 Å². The minimum atomic E-state index is -0.114. The third-order valence-corrected chi connectivity index (χ3v) is 4.94. The molecule has 4 nitrogen and oxygen atoms in total. The van der Waals surface area contributed by atoms with E-state index in [9.17, 15) is 9.59 Å². The fraction of sp³-hybridized carbons (Fsp3) is 0.500. The second kappa shape index (κ2) is 6.42. The molecule has 0 heterocycles. The second-order valence-corrected chi connectivity index (χ2v) is 7.67. The highest BCUT2D eigenvalue weighted by molar-refractivity contribution is 5.98. The molecule has 1 saturated carbocycles. The van der Waals surface area contributed by atoms with E-state index in [2.05, 4.69) is 44.4 Å². The summed E-state index contributed by atoms with van der Waals surface area (Å²) in [7, 11) is 0. The van der Waals surface area contributed by atoms with Gasteiger partial charge in [-0.05, 0) is 56.2 Å². The Morgan fingerprint density at radius 2 is 1.71 bits per heavy atom. The van der Waals surface area contributed by atoms with Gasteiger partial charge in [-0.25, -0.2) is 0 Å². The van der Waals surface area contributed by atoms with Crippen molar-refractivity contribution in [2.75, 3.05) is 10.6 Å². The Bertz CT molecular complexity index is 713. The molecule has 0 radical (unpaired) electrons. The van der Waals surface area contributed by atoms with Gasteiger partial charge in [0.1, 0.15) is 0 Å². The van der Waals surface area contributed by atoms with Gasteiger partial charge in [0.15, 0.2) is 0 Å². The van der Waals surface area contributed by atoms with Gasteiger partial charge in [0.2, 0.25) is 11.8 Å². The Hall–Kier alpha value is -2.10. The van der Waals surface area contributed by atoms with E-state index in [1.54, 1.807) is 0 Å². The van der Waals surface area contributed by atoms with Crippen LogP contribution in [0.2, 0.25) is 0 Å². The predicted octanol–water partition coefficient (Wildman–Crippen LogP) is 4.44. The molecule has 1 aliphatic carbocycles. The molecular formula is C20H28N2O2. The van der Waals surface area contributed by atoms with Gasteiger partial charge in [-0.15, -0.1) is 0 Å². The fourth-order valence-electron chi connectivity index (χ4n) is 3.41. The Kier molecular flexibility index (Phi) is 4.88. The molecule has 130 valence electrons. The Morgan fingerprint density at radius 1 is 1.08 bits per heavy atom. The van der Waals surface area contributed by atoms with Crippen molar-refractivity contribution in [3.8, 4) is 0 Å². The lowest BCUT2D eigenvalue weighted by atomic mass is 10.1. The lowest BCUT2D eigenvalue weighted by Crippen LogP contribution is -2.18. The lowest BCUT2D eigenvalue weighted by Gasteiger charge is -2.15. The van der Waals surface area contributed by atoms with Crippen LogP contribution in [0.3, 0.4) is 0 Å². The van der Waals surface area contributed by atoms with Crippen LogP contribution in [0, 0.1) is 31.1 Å². The van der Waals surface area contributed by atoms with E-state index >= 15 is 0 Å². The molecule has 2 atom stereocenters. The topological polar surface area (TPSA) is 58.2 Å². The molecule has 0 aromatic heterocycles. The van der Waals surface area contributed by atoms with Gasteiger partial charge >= 0.3 is 0 Å². The summed E-state index contributed by atoms with van der Waals surface area (Å²) < 4.78 is 0. The van der Waals surface area contributed by atoms with Crippen molar-refractivity contribution in [2.45, 2.75) is 48.5 Å². The maximum absolute atomic E-state index is 12.7. The molecule has 2 rings (SSSR count). The zero-order chi connectivity index (χ0) is 18.2. The van der Waals surface area contributed by atoms with Crippen molar-refractivity contribution >= 4 is 23.2 Å². The highest BCUT2D eigenvalue weighted by Crippen LogP contribution is 2.59. The molecule has 1 fully saturated rings. The van der Waals surface area contributed by atoms with Crippen molar-refractivity contribution in [3.63, 3.8) is 0 Å². The third kappa shape index (κ3) is 3.53. The summed E-state index contributed by atoms with van der Waals surface area (Å²) in [6, 6.07) is 3.82. The summed E-state index contributed by atoms with van der Waals surface area (Å²) in [5, 5.41) is 5.90. The number of rotatable bonds is 4. The van der Waals surface area contributed by atoms with Gasteiger partial charge in [0.05, 0.1) is 5.92 Å². The quantitative estimate of drug-likeness (QED) is 0.803. The summed E-state index contributed by atoms with van der Waals surface area (Å²) in [6.07, 6.45) is 2.19. The van der Waals surface area contributed by atoms with Crippen molar-refractivity contribution < 1.29 is 9.59 Å². The van der Waals surface area contributed by atoms with Crippen LogP contribution in [0.5, 0.6) is 0 Å². The average molecular weight is 328 g/mol. The zero-order valence-electron chi connectivity index (χ0n) is 15.7. The van der Waals surface area contributed by atoms with Gasteiger partial charge in [-0.1, -0.05) is 31.6 Å². The maximum Gasteiger partial charge on any atom is 0.228 e. The predicted molar refractivity (Wildman–Crippen MR) is 99.0 cm³/mol. The maximum atomic E-state index is 12.7. The van der Waals surface area contributed by atoms with Crippen LogP contribution in [0.4, 0.5) is 11.4 Å². The van der Waals surface area contributed by atoms with Gasteiger partial charge < -0.3 is 10.6 Å². The number of carbonyl (C=O) groups is 2. The van der Waals surface area contributed by atoms with Crippen LogP contribution in [0.25, 0.3) is 0 Å². The van der Waals surface area contributed by atoms with E-state index in [1.807, 2.05) is 26.0 Å². The molecule has 0 bridgehead atoms. The molecule has 0 saturated heterocycles. The van der Waals surface area contributed by atoms with E-state index < -0.39 is 0 Å². The molecule has 24 heavy (non-hydrogen) atoms. The number of anilines is 2. The van der Waals surface area contributed by atoms with Crippen molar-refractivity contribution in [2.24, 2.45) is 17.3 Å². The number of aryl methyl sites for hydroxylation is 1. The number of hydrogen-bond donors (Lipinski definition) is 2. The molecule has 1 aromatic rings. The third-order valence-electron chi connectivity index (χ3n) is 4.94. The summed E-state index contributed by atoms with van der Waals surface area (Å²) >= 11 is 0. The first-order valence-corrected chi connectivity index (χ1v) is 8.39. The largest absolute Gasteiger partial charge is 0.326 e. The van der Waals surface area contributed by atoms with Crippen LogP contribution < -0.4 is 10.6 Å². The summed E-state index contributed by atoms with van der Waals surface area (Å²) in [4.78, 5) is 24.1. The molecule has 4 heteroatoms. The summed E-state index contributed by atoms with van der Waals surface area (Å²) in [5.74, 6) is 0.195. The second-order valence-electron chi connectivity index (χ2n) is 7.67. The first-order chi connectivity index (χ1) is 11.1. The van der Waals surface area contributed by atoms with Crippen LogP contribution in [0.15, 0.2) is 23.8 Å². The SMILES string of the molecule is CC(=O)Nc1c(C)ccc(NC(=O)[C@@H]2[C@H](C=C(C)C)C2(C)C)c1C. The highest BCUT2D eigenvalue weighted by atomic mass is 16.2. The molecular weight excluding hydrogens is 300 g/mol. The highest BCUT2D eigenvalue weighted by Gasteiger charge is 2.60. The number of carbonyl (C=O) groups excluding carboxylic acids is 2. The van der Waals surface area contributed by atoms with E-state index in [0.29, 0.717) is 0 Å². The first-order valence-electron chi connectivity index (χ1n) is 8.39. The normalized spacial score (nSPS) is 21.0. The Balaban J connectivity index is 2.22. The Morgan fingerprint density at radius 3 is 2.25 bits per heavy atom. The number of nitrogens with one attached hydrogen (secondary N) is 2. The minimum absolute atomic E-state index is 0.0135. The van der Waals surface area contributed by atoms with E-state index in [0.717, 1.165) is 22.5 Å². The van der Waals surface area contributed by atoms with Crippen LogP contribution in [-0.2, 0) is 9.59 Å². The molecule has 1 aromatic carbocycles. The molecule has 1 aliphatic rings. The van der Waals surface area contributed by atoms with Crippen LogP contribution in [-0.4, -0.2) is 11.8 Å². The van der Waals surface area contributed by atoms with Crippen LogP contribution >= 0.6 is 0 Å².